The first-order chi connectivity index (χ1) is 13.1. The maximum absolute atomic E-state index is 12.9. The van der Waals surface area contributed by atoms with Gasteiger partial charge in [-0.15, -0.1) is 5.10 Å². The van der Waals surface area contributed by atoms with Crippen molar-refractivity contribution >= 4 is 45.0 Å². The van der Waals surface area contributed by atoms with Crippen LogP contribution in [0.3, 0.4) is 0 Å². The zero-order valence-electron chi connectivity index (χ0n) is 15.4. The van der Waals surface area contributed by atoms with Crippen molar-refractivity contribution < 1.29 is 4.79 Å². The van der Waals surface area contributed by atoms with E-state index in [0.717, 1.165) is 28.4 Å². The third kappa shape index (κ3) is 5.08. The number of carbonyl (C=O) groups is 1. The molecule has 0 unspecified atom stereocenters. The molecule has 0 bridgehead atoms. The van der Waals surface area contributed by atoms with Crippen LogP contribution in [0.5, 0.6) is 0 Å². The molecular weight excluding hydrogens is 422 g/mol. The average Bonchev–Trinajstić information content (AvgIpc) is 2.95. The number of nitrogens with zero attached hydrogens (tertiary/aromatic N) is 3. The van der Waals surface area contributed by atoms with Crippen LogP contribution in [0.15, 0.2) is 63.2 Å². The van der Waals surface area contributed by atoms with E-state index in [-0.39, 0.29) is 11.2 Å². The summed E-state index contributed by atoms with van der Waals surface area (Å²) in [6, 6.07) is 16.0. The van der Waals surface area contributed by atoms with Gasteiger partial charge in [-0.25, -0.2) is 0 Å². The summed E-state index contributed by atoms with van der Waals surface area (Å²) < 4.78 is 1.02. The highest BCUT2D eigenvalue weighted by atomic mass is 79.9. The number of halogens is 1. The van der Waals surface area contributed by atoms with Crippen LogP contribution in [0.1, 0.15) is 36.5 Å². The summed E-state index contributed by atoms with van der Waals surface area (Å²) in [5.41, 5.74) is 3.27. The van der Waals surface area contributed by atoms with Gasteiger partial charge < -0.3 is 0 Å². The van der Waals surface area contributed by atoms with Crippen molar-refractivity contribution in [1.82, 2.24) is 4.90 Å². The number of rotatable bonds is 6. The molecule has 0 radical (unpaired) electrons. The second kappa shape index (κ2) is 9.33. The van der Waals surface area contributed by atoms with Crippen LogP contribution in [-0.2, 0) is 11.3 Å². The van der Waals surface area contributed by atoms with E-state index in [0.29, 0.717) is 11.7 Å². The minimum Gasteiger partial charge on any atom is -0.284 e. The molecule has 0 aliphatic carbocycles. The van der Waals surface area contributed by atoms with E-state index in [1.165, 1.54) is 17.3 Å². The minimum atomic E-state index is -0.0688. The lowest BCUT2D eigenvalue weighted by molar-refractivity contribution is -0.126. The smallest absolute Gasteiger partial charge is 0.242 e. The molecule has 2 aromatic carbocycles. The SMILES string of the molecule is CCC[C@H]1S/C(=N\N=C/c2ccc(Br)cc2)N(Cc2ccccc2C)C1=O. The Morgan fingerprint density at radius 3 is 2.63 bits per heavy atom. The Morgan fingerprint density at radius 2 is 1.93 bits per heavy atom. The standard InChI is InChI=1S/C21H22BrN3OS/c1-3-6-19-20(26)25(14-17-8-5-4-7-15(17)2)21(27-19)24-23-13-16-9-11-18(22)12-10-16/h4-5,7-13,19H,3,6,14H2,1-2H3/b23-13-,24-21-/t19-/m1/s1. The predicted molar refractivity (Wildman–Crippen MR) is 117 cm³/mol. The van der Waals surface area contributed by atoms with Gasteiger partial charge in [0.1, 0.15) is 0 Å². The Labute approximate surface area is 172 Å². The van der Waals surface area contributed by atoms with Crippen LogP contribution < -0.4 is 0 Å². The molecule has 2 aromatic rings. The largest absolute Gasteiger partial charge is 0.284 e. The topological polar surface area (TPSA) is 45.0 Å². The molecule has 0 saturated carbocycles. The normalized spacial score (nSPS) is 18.8. The molecule has 0 N–H and O–H groups in total. The van der Waals surface area contributed by atoms with Crippen molar-refractivity contribution in [2.45, 2.75) is 38.5 Å². The Hall–Kier alpha value is -1.92. The van der Waals surface area contributed by atoms with Gasteiger partial charge in [-0.1, -0.05) is 77.4 Å². The number of carbonyl (C=O) groups excluding carboxylic acids is 1. The quantitative estimate of drug-likeness (QED) is 0.443. The van der Waals surface area contributed by atoms with Gasteiger partial charge in [-0.05, 0) is 42.2 Å². The van der Waals surface area contributed by atoms with Gasteiger partial charge in [0, 0.05) is 4.47 Å². The van der Waals surface area contributed by atoms with E-state index in [4.69, 9.17) is 0 Å². The Kier molecular flexibility index (Phi) is 6.85. The molecule has 0 aromatic heterocycles. The van der Waals surface area contributed by atoms with E-state index >= 15 is 0 Å². The predicted octanol–water partition coefficient (Wildman–Crippen LogP) is 5.39. The fourth-order valence-corrected chi connectivity index (χ4v) is 4.31. The number of amidine groups is 1. The maximum atomic E-state index is 12.9. The maximum Gasteiger partial charge on any atom is 0.242 e. The molecule has 4 nitrogen and oxygen atoms in total. The molecule has 1 saturated heterocycles. The van der Waals surface area contributed by atoms with Crippen molar-refractivity contribution in [2.24, 2.45) is 10.2 Å². The molecule has 140 valence electrons. The third-order valence-corrected chi connectivity index (χ3v) is 6.14. The van der Waals surface area contributed by atoms with Crippen molar-refractivity contribution in [3.63, 3.8) is 0 Å². The first-order valence-electron chi connectivity index (χ1n) is 8.97. The molecule has 1 aliphatic heterocycles. The molecule has 3 rings (SSSR count). The van der Waals surface area contributed by atoms with Crippen molar-refractivity contribution in [2.75, 3.05) is 0 Å². The molecule has 1 amide bonds. The van der Waals surface area contributed by atoms with Gasteiger partial charge in [-0.2, -0.15) is 5.10 Å². The highest BCUT2D eigenvalue weighted by Crippen LogP contribution is 2.32. The van der Waals surface area contributed by atoms with E-state index < -0.39 is 0 Å². The first kappa shape index (κ1) is 19.8. The van der Waals surface area contributed by atoms with Gasteiger partial charge in [0.2, 0.25) is 5.91 Å². The van der Waals surface area contributed by atoms with Gasteiger partial charge in [-0.3, -0.25) is 9.69 Å². The second-order valence-electron chi connectivity index (χ2n) is 6.42. The summed E-state index contributed by atoms with van der Waals surface area (Å²) in [6.45, 7) is 4.70. The zero-order chi connectivity index (χ0) is 19.2. The first-order valence-corrected chi connectivity index (χ1v) is 10.6. The zero-order valence-corrected chi connectivity index (χ0v) is 17.8. The van der Waals surface area contributed by atoms with E-state index in [2.05, 4.69) is 52.1 Å². The lowest BCUT2D eigenvalue weighted by Gasteiger charge is -2.17. The average molecular weight is 444 g/mol. The van der Waals surface area contributed by atoms with Crippen molar-refractivity contribution in [3.8, 4) is 0 Å². The molecule has 1 aliphatic rings. The van der Waals surface area contributed by atoms with E-state index in [1.54, 1.807) is 11.1 Å². The van der Waals surface area contributed by atoms with E-state index in [9.17, 15) is 4.79 Å². The minimum absolute atomic E-state index is 0.0688. The number of aryl methyl sites for hydroxylation is 1. The number of benzene rings is 2. The van der Waals surface area contributed by atoms with Crippen molar-refractivity contribution in [1.29, 1.82) is 0 Å². The molecule has 0 spiro atoms. The van der Waals surface area contributed by atoms with Gasteiger partial charge in [0.25, 0.3) is 0 Å². The van der Waals surface area contributed by atoms with Crippen LogP contribution in [0, 0.1) is 6.92 Å². The molecular formula is C21H22BrN3OS. The summed E-state index contributed by atoms with van der Waals surface area (Å²) >= 11 is 4.94. The Bertz CT molecular complexity index is 864. The summed E-state index contributed by atoms with van der Waals surface area (Å²) in [5.74, 6) is 0.127. The van der Waals surface area contributed by atoms with Crippen LogP contribution in [-0.4, -0.2) is 27.4 Å². The van der Waals surface area contributed by atoms with Crippen molar-refractivity contribution in [3.05, 3.63) is 69.7 Å². The summed E-state index contributed by atoms with van der Waals surface area (Å²) in [6.07, 6.45) is 3.53. The molecule has 1 atom stereocenters. The number of hydrogen-bond donors (Lipinski definition) is 0. The Morgan fingerprint density at radius 1 is 1.19 bits per heavy atom. The highest BCUT2D eigenvalue weighted by Gasteiger charge is 2.37. The summed E-state index contributed by atoms with van der Waals surface area (Å²) in [5, 5.41) is 9.21. The monoisotopic (exact) mass is 443 g/mol. The van der Waals surface area contributed by atoms with Crippen LogP contribution in [0.25, 0.3) is 0 Å². The Balaban J connectivity index is 1.82. The lowest BCUT2D eigenvalue weighted by Crippen LogP contribution is -2.31. The fraction of sp³-hybridized carbons (Fsp3) is 0.286. The lowest BCUT2D eigenvalue weighted by atomic mass is 10.1. The fourth-order valence-electron chi connectivity index (χ4n) is 2.83. The molecule has 1 fully saturated rings. The van der Waals surface area contributed by atoms with Gasteiger partial charge in [0.15, 0.2) is 5.17 Å². The summed E-state index contributed by atoms with van der Waals surface area (Å²) in [4.78, 5) is 14.6. The van der Waals surface area contributed by atoms with Crippen LogP contribution >= 0.6 is 27.7 Å². The number of hydrogen-bond acceptors (Lipinski definition) is 4. The van der Waals surface area contributed by atoms with Gasteiger partial charge >= 0.3 is 0 Å². The van der Waals surface area contributed by atoms with Crippen LogP contribution in [0.4, 0.5) is 0 Å². The number of thioether (sulfide) groups is 1. The van der Waals surface area contributed by atoms with Crippen LogP contribution in [0.2, 0.25) is 0 Å². The summed E-state index contributed by atoms with van der Waals surface area (Å²) in [7, 11) is 0. The molecule has 1 heterocycles. The molecule has 6 heteroatoms. The second-order valence-corrected chi connectivity index (χ2v) is 8.51. The highest BCUT2D eigenvalue weighted by molar-refractivity contribution is 9.10. The van der Waals surface area contributed by atoms with Gasteiger partial charge in [0.05, 0.1) is 18.0 Å². The van der Waals surface area contributed by atoms with E-state index in [1.807, 2.05) is 36.4 Å². The number of amides is 1. The molecule has 27 heavy (non-hydrogen) atoms. The third-order valence-electron chi connectivity index (χ3n) is 4.38.